The quantitative estimate of drug-likeness (QED) is 0.451. The Morgan fingerprint density at radius 3 is 2.70 bits per heavy atom. The molecule has 5 nitrogen and oxygen atoms in total. The number of rotatable bonds is 8. The van der Waals surface area contributed by atoms with Gasteiger partial charge in [0.05, 0.1) is 13.4 Å². The van der Waals surface area contributed by atoms with Crippen molar-refractivity contribution in [1.29, 1.82) is 0 Å². The highest BCUT2D eigenvalue weighted by Crippen LogP contribution is 2.05. The molecule has 0 radical (unpaired) electrons. The zero-order chi connectivity index (χ0) is 14.6. The maximum absolute atomic E-state index is 11.7. The van der Waals surface area contributed by atoms with E-state index in [0.717, 1.165) is 12.8 Å². The number of hydrogen-bond acceptors (Lipinski definition) is 4. The van der Waals surface area contributed by atoms with Crippen molar-refractivity contribution in [3.63, 3.8) is 0 Å². The Morgan fingerprint density at radius 2 is 2.05 bits per heavy atom. The second kappa shape index (κ2) is 10.1. The Kier molecular flexibility index (Phi) is 8.19. The summed E-state index contributed by atoms with van der Waals surface area (Å²) >= 11 is 0. The molecule has 1 rings (SSSR count). The summed E-state index contributed by atoms with van der Waals surface area (Å²) in [7, 11) is 1.49. The summed E-state index contributed by atoms with van der Waals surface area (Å²) in [6, 6.07) is 3.49. The average molecular weight is 280 g/mol. The van der Waals surface area contributed by atoms with Gasteiger partial charge in [0, 0.05) is 6.54 Å². The molecule has 0 aliphatic carbocycles. The number of amides is 1. The van der Waals surface area contributed by atoms with Crippen LogP contribution in [0.1, 0.15) is 56.0 Å². The van der Waals surface area contributed by atoms with Crippen molar-refractivity contribution in [3.05, 3.63) is 24.2 Å². The van der Waals surface area contributed by atoms with Crippen LogP contribution in [0.5, 0.6) is 0 Å². The van der Waals surface area contributed by atoms with Gasteiger partial charge in [0.25, 0.3) is 11.9 Å². The van der Waals surface area contributed by atoms with Gasteiger partial charge in [0.1, 0.15) is 0 Å². The Balaban J connectivity index is 2.24. The van der Waals surface area contributed by atoms with Gasteiger partial charge in [0.15, 0.2) is 5.76 Å². The summed E-state index contributed by atoms with van der Waals surface area (Å²) < 4.78 is 10.0. The lowest BCUT2D eigenvalue weighted by Crippen LogP contribution is -2.31. The van der Waals surface area contributed by atoms with Crippen LogP contribution < -0.4 is 5.32 Å². The molecular weight excluding hydrogens is 256 g/mol. The molecule has 0 aliphatic rings. The molecule has 20 heavy (non-hydrogen) atoms. The lowest BCUT2D eigenvalue weighted by Gasteiger charge is -2.05. The van der Waals surface area contributed by atoms with Gasteiger partial charge in [-0.05, 0) is 18.6 Å². The van der Waals surface area contributed by atoms with Crippen LogP contribution in [-0.4, -0.2) is 25.6 Å². The number of amidine groups is 1. The highest BCUT2D eigenvalue weighted by Gasteiger charge is 2.11. The Labute approximate surface area is 120 Å². The number of aliphatic imine (C=N–C) groups is 1. The second-order valence-corrected chi connectivity index (χ2v) is 4.59. The fourth-order valence-corrected chi connectivity index (χ4v) is 1.79. The third-order valence-corrected chi connectivity index (χ3v) is 2.93. The maximum Gasteiger partial charge on any atom is 0.294 e. The third-order valence-electron chi connectivity index (χ3n) is 2.93. The molecule has 1 amide bonds. The highest BCUT2D eigenvalue weighted by molar-refractivity contribution is 6.02. The molecule has 0 atom stereocenters. The molecule has 0 aromatic carbocycles. The fourth-order valence-electron chi connectivity index (χ4n) is 1.79. The largest absolute Gasteiger partial charge is 0.468 e. The predicted molar refractivity (Wildman–Crippen MR) is 78.9 cm³/mol. The van der Waals surface area contributed by atoms with Crippen LogP contribution in [0.2, 0.25) is 0 Å². The number of nitrogens with zero attached hydrogens (tertiary/aromatic N) is 1. The van der Waals surface area contributed by atoms with Crippen LogP contribution in [0.3, 0.4) is 0 Å². The van der Waals surface area contributed by atoms with E-state index >= 15 is 0 Å². The zero-order valence-corrected chi connectivity index (χ0v) is 12.4. The topological polar surface area (TPSA) is 63.8 Å². The Morgan fingerprint density at radius 1 is 1.30 bits per heavy atom. The van der Waals surface area contributed by atoms with Gasteiger partial charge >= 0.3 is 0 Å². The molecule has 0 unspecified atom stereocenters. The molecule has 0 aliphatic heterocycles. The molecule has 0 fully saturated rings. The van der Waals surface area contributed by atoms with Crippen LogP contribution in [-0.2, 0) is 4.74 Å². The van der Waals surface area contributed by atoms with Crippen LogP contribution >= 0.6 is 0 Å². The van der Waals surface area contributed by atoms with Gasteiger partial charge in [-0.25, -0.2) is 4.99 Å². The number of carbonyl (C=O) groups is 1. The molecule has 1 aromatic rings. The first-order valence-corrected chi connectivity index (χ1v) is 7.21. The average Bonchev–Trinajstić information content (AvgIpc) is 2.99. The van der Waals surface area contributed by atoms with Crippen molar-refractivity contribution in [2.75, 3.05) is 13.7 Å². The van der Waals surface area contributed by atoms with Gasteiger partial charge in [-0.1, -0.05) is 39.0 Å². The number of unbranched alkanes of at least 4 members (excludes halogenated alkanes) is 5. The summed E-state index contributed by atoms with van der Waals surface area (Å²) in [4.78, 5) is 15.9. The molecule has 0 spiro atoms. The van der Waals surface area contributed by atoms with Crippen LogP contribution in [0.25, 0.3) is 0 Å². The number of methoxy groups -OCH3 is 1. The van der Waals surface area contributed by atoms with Crippen molar-refractivity contribution >= 4 is 11.9 Å². The zero-order valence-electron chi connectivity index (χ0n) is 12.4. The molecule has 112 valence electrons. The van der Waals surface area contributed by atoms with E-state index in [2.05, 4.69) is 17.2 Å². The summed E-state index contributed by atoms with van der Waals surface area (Å²) in [6.07, 6.45) is 8.70. The molecule has 0 saturated heterocycles. The van der Waals surface area contributed by atoms with Crippen molar-refractivity contribution in [2.45, 2.75) is 45.4 Å². The van der Waals surface area contributed by atoms with E-state index in [1.165, 1.54) is 39.1 Å². The van der Waals surface area contributed by atoms with Crippen molar-refractivity contribution < 1.29 is 13.9 Å². The lowest BCUT2D eigenvalue weighted by atomic mass is 10.1. The van der Waals surface area contributed by atoms with E-state index in [0.29, 0.717) is 6.54 Å². The van der Waals surface area contributed by atoms with Crippen LogP contribution in [0, 0.1) is 0 Å². The van der Waals surface area contributed by atoms with E-state index in [9.17, 15) is 4.79 Å². The summed E-state index contributed by atoms with van der Waals surface area (Å²) in [6.45, 7) is 2.87. The monoisotopic (exact) mass is 280 g/mol. The van der Waals surface area contributed by atoms with E-state index in [4.69, 9.17) is 9.15 Å². The summed E-state index contributed by atoms with van der Waals surface area (Å²) in [5.74, 6) is -0.104. The first kappa shape index (κ1) is 16.3. The van der Waals surface area contributed by atoms with E-state index in [-0.39, 0.29) is 17.7 Å². The predicted octanol–water partition coefficient (Wildman–Crippen LogP) is 3.37. The number of carbonyl (C=O) groups excluding carboxylic acids is 1. The molecule has 1 heterocycles. The van der Waals surface area contributed by atoms with Crippen molar-refractivity contribution in [2.24, 2.45) is 4.99 Å². The van der Waals surface area contributed by atoms with Crippen molar-refractivity contribution in [1.82, 2.24) is 5.32 Å². The standard InChI is InChI=1S/C15H24N2O3/c1-3-4-5-6-7-8-11-16-15(19-2)17-14(18)13-10-9-12-20-13/h9-10,12H,3-8,11H2,1-2H3,(H,16,17,18). The number of nitrogens with one attached hydrogen (secondary N) is 1. The first-order chi connectivity index (χ1) is 9.77. The van der Waals surface area contributed by atoms with Gasteiger partial charge in [-0.2, -0.15) is 0 Å². The Hall–Kier alpha value is -1.78. The smallest absolute Gasteiger partial charge is 0.294 e. The van der Waals surface area contributed by atoms with Crippen molar-refractivity contribution in [3.8, 4) is 0 Å². The Bertz CT molecular complexity index is 399. The van der Waals surface area contributed by atoms with Gasteiger partial charge in [0.2, 0.25) is 0 Å². The third kappa shape index (κ3) is 6.41. The van der Waals surface area contributed by atoms with E-state index in [1.807, 2.05) is 0 Å². The van der Waals surface area contributed by atoms with Gasteiger partial charge < -0.3 is 9.15 Å². The normalized spacial score (nSPS) is 11.4. The molecule has 5 heteroatoms. The maximum atomic E-state index is 11.7. The van der Waals surface area contributed by atoms with Crippen LogP contribution in [0.15, 0.2) is 27.8 Å². The molecular formula is C15H24N2O3. The minimum Gasteiger partial charge on any atom is -0.468 e. The number of furan rings is 1. The summed E-state index contributed by atoms with van der Waals surface area (Å²) in [5.41, 5.74) is 0. The van der Waals surface area contributed by atoms with E-state index in [1.54, 1.807) is 12.1 Å². The molecule has 1 N–H and O–H groups in total. The number of ether oxygens (including phenoxy) is 1. The van der Waals surface area contributed by atoms with Crippen LogP contribution in [0.4, 0.5) is 0 Å². The van der Waals surface area contributed by atoms with E-state index < -0.39 is 0 Å². The minimum absolute atomic E-state index is 0.236. The summed E-state index contributed by atoms with van der Waals surface area (Å²) in [5, 5.41) is 2.58. The first-order valence-electron chi connectivity index (χ1n) is 7.21. The molecule has 0 bridgehead atoms. The molecule has 1 aromatic heterocycles. The highest BCUT2D eigenvalue weighted by atomic mass is 16.5. The second-order valence-electron chi connectivity index (χ2n) is 4.59. The number of hydrogen-bond donors (Lipinski definition) is 1. The minimum atomic E-state index is -0.349. The lowest BCUT2D eigenvalue weighted by molar-refractivity contribution is 0.0941. The van der Waals surface area contributed by atoms with Gasteiger partial charge in [-0.3, -0.25) is 10.1 Å². The molecule has 0 saturated carbocycles. The SMILES string of the molecule is CCCCCCCCN=C(NC(=O)c1ccco1)OC. The van der Waals surface area contributed by atoms with Gasteiger partial charge in [-0.15, -0.1) is 0 Å². The fraction of sp³-hybridized carbons (Fsp3) is 0.600.